The van der Waals surface area contributed by atoms with E-state index in [1.54, 1.807) is 0 Å². The van der Waals surface area contributed by atoms with E-state index < -0.39 is 8.40 Å². The summed E-state index contributed by atoms with van der Waals surface area (Å²) in [4.78, 5) is 4.69. The minimum absolute atomic E-state index is 1.16. The Bertz CT molecular complexity index is 1270. The van der Waals surface area contributed by atoms with Gasteiger partial charge in [-0.1, -0.05) is 71.8 Å². The van der Waals surface area contributed by atoms with Crippen molar-refractivity contribution < 1.29 is 0 Å². The van der Waals surface area contributed by atoms with Gasteiger partial charge >= 0.3 is 0 Å². The standard InChI is InChI=1S/C32H36N4Si/c1-25-17-21-29(22-18-25)35-31(33(3)27-13-9-7-10-14-27)32(34(4)28-15-11-8-12-16-28)36(37(35,5)6)30-23-19-26(2)20-24-30/h7-24H,1-6H3. The van der Waals surface area contributed by atoms with Crippen LogP contribution < -0.4 is 18.9 Å². The Balaban J connectivity index is 1.81. The zero-order valence-electron chi connectivity index (χ0n) is 22.7. The van der Waals surface area contributed by atoms with Gasteiger partial charge in [-0.15, -0.1) is 0 Å². The van der Waals surface area contributed by atoms with Crippen molar-refractivity contribution in [1.29, 1.82) is 0 Å². The Morgan fingerprint density at radius 2 is 0.811 bits per heavy atom. The molecule has 0 atom stereocenters. The molecule has 0 radical (unpaired) electrons. The molecule has 0 saturated carbocycles. The molecule has 0 fully saturated rings. The summed E-state index contributed by atoms with van der Waals surface area (Å²) >= 11 is 0. The first-order valence-corrected chi connectivity index (χ1v) is 15.7. The Labute approximate surface area is 222 Å². The first kappa shape index (κ1) is 24.7. The number of benzene rings is 4. The van der Waals surface area contributed by atoms with E-state index in [0.717, 1.165) is 11.4 Å². The number of anilines is 4. The van der Waals surface area contributed by atoms with Gasteiger partial charge in [0.2, 0.25) is 0 Å². The van der Waals surface area contributed by atoms with E-state index in [4.69, 9.17) is 0 Å². The van der Waals surface area contributed by atoms with Crippen LogP contribution in [0.5, 0.6) is 0 Å². The molecule has 0 amide bonds. The molecule has 4 aromatic carbocycles. The van der Waals surface area contributed by atoms with Crippen LogP contribution in [0.25, 0.3) is 0 Å². The van der Waals surface area contributed by atoms with Crippen molar-refractivity contribution in [3.05, 3.63) is 132 Å². The van der Waals surface area contributed by atoms with Gasteiger partial charge in [0.25, 0.3) is 8.40 Å². The molecular formula is C32H36N4Si. The second kappa shape index (κ2) is 9.83. The van der Waals surface area contributed by atoms with Gasteiger partial charge in [-0.05, 0) is 75.5 Å². The third-order valence-corrected chi connectivity index (χ3v) is 10.4. The van der Waals surface area contributed by atoms with Crippen LogP contribution in [0.1, 0.15) is 11.1 Å². The van der Waals surface area contributed by atoms with E-state index in [2.05, 4.69) is 169 Å². The molecule has 37 heavy (non-hydrogen) atoms. The maximum atomic E-state index is 2.61. The number of hydrogen-bond acceptors (Lipinski definition) is 4. The molecule has 0 aliphatic carbocycles. The molecule has 0 aromatic heterocycles. The van der Waals surface area contributed by atoms with Gasteiger partial charge in [0.1, 0.15) is 11.6 Å². The summed E-state index contributed by atoms with van der Waals surface area (Å²) in [6, 6.07) is 39.3. The van der Waals surface area contributed by atoms with Crippen LogP contribution in [0.15, 0.2) is 121 Å². The number of nitrogens with zero attached hydrogens (tertiary/aromatic N) is 4. The number of hydrogen-bond donors (Lipinski definition) is 0. The Morgan fingerprint density at radius 3 is 1.14 bits per heavy atom. The lowest BCUT2D eigenvalue weighted by molar-refractivity contribution is 0.971. The summed E-state index contributed by atoms with van der Waals surface area (Å²) in [6.07, 6.45) is 0. The number of rotatable bonds is 6. The summed E-state index contributed by atoms with van der Waals surface area (Å²) in [6.45, 7) is 9.18. The highest BCUT2D eigenvalue weighted by atomic mass is 28.3. The second-order valence-corrected chi connectivity index (χ2v) is 14.2. The molecule has 4 aromatic rings. The molecule has 4 nitrogen and oxygen atoms in total. The van der Waals surface area contributed by atoms with Crippen LogP contribution in [-0.4, -0.2) is 22.5 Å². The molecule has 1 aliphatic rings. The van der Waals surface area contributed by atoms with Crippen LogP contribution in [0.4, 0.5) is 22.7 Å². The summed E-state index contributed by atoms with van der Waals surface area (Å²) < 4.78 is 5.21. The van der Waals surface area contributed by atoms with Crippen molar-refractivity contribution >= 4 is 31.1 Å². The van der Waals surface area contributed by atoms with E-state index >= 15 is 0 Å². The van der Waals surface area contributed by atoms with Gasteiger partial charge in [0, 0.05) is 36.8 Å². The maximum absolute atomic E-state index is 2.61. The third-order valence-electron chi connectivity index (χ3n) is 7.22. The Kier molecular flexibility index (Phi) is 6.57. The minimum Gasteiger partial charge on any atom is -0.333 e. The summed E-state index contributed by atoms with van der Waals surface area (Å²) in [5.41, 5.74) is 7.28. The summed E-state index contributed by atoms with van der Waals surface area (Å²) in [7, 11) is 2.05. The molecule has 1 aliphatic heterocycles. The minimum atomic E-state index is -2.32. The van der Waals surface area contributed by atoms with E-state index in [9.17, 15) is 0 Å². The topological polar surface area (TPSA) is 13.0 Å². The van der Waals surface area contributed by atoms with Crippen molar-refractivity contribution in [2.24, 2.45) is 0 Å². The Hall–Kier alpha value is -3.96. The molecule has 0 unspecified atom stereocenters. The van der Waals surface area contributed by atoms with Gasteiger partial charge in [-0.25, -0.2) is 0 Å². The highest BCUT2D eigenvalue weighted by Gasteiger charge is 2.51. The second-order valence-electron chi connectivity index (χ2n) is 10.3. The van der Waals surface area contributed by atoms with Gasteiger partial charge in [0.05, 0.1) is 0 Å². The Morgan fingerprint density at radius 1 is 0.486 bits per heavy atom. The van der Waals surface area contributed by atoms with E-state index in [1.807, 2.05) is 0 Å². The van der Waals surface area contributed by atoms with Crippen molar-refractivity contribution in [2.75, 3.05) is 33.0 Å². The smallest absolute Gasteiger partial charge is 0.269 e. The molecule has 5 heteroatoms. The number of para-hydroxylation sites is 2. The van der Waals surface area contributed by atoms with Gasteiger partial charge in [-0.3, -0.25) is 0 Å². The lowest BCUT2D eigenvalue weighted by Crippen LogP contribution is -2.57. The molecule has 0 bridgehead atoms. The van der Waals surface area contributed by atoms with Gasteiger partial charge in [0.15, 0.2) is 0 Å². The molecule has 0 spiro atoms. The molecular weight excluding hydrogens is 468 g/mol. The predicted octanol–water partition coefficient (Wildman–Crippen LogP) is 7.73. The lowest BCUT2D eigenvalue weighted by atomic mass is 10.2. The first-order chi connectivity index (χ1) is 17.8. The number of aryl methyl sites for hydroxylation is 2. The van der Waals surface area contributed by atoms with E-state index in [0.29, 0.717) is 0 Å². The largest absolute Gasteiger partial charge is 0.333 e. The van der Waals surface area contributed by atoms with Crippen LogP contribution in [-0.2, 0) is 0 Å². The maximum Gasteiger partial charge on any atom is 0.269 e. The van der Waals surface area contributed by atoms with Crippen molar-refractivity contribution in [3.63, 3.8) is 0 Å². The van der Waals surface area contributed by atoms with Crippen LogP contribution in [0, 0.1) is 13.8 Å². The SMILES string of the molecule is Cc1ccc(N2C(N(C)c3ccccc3)=C(N(C)c3ccccc3)N(c3ccc(C)cc3)[Si]2(C)C)cc1. The predicted molar refractivity (Wildman–Crippen MR) is 162 cm³/mol. The fraction of sp³-hybridized carbons (Fsp3) is 0.188. The van der Waals surface area contributed by atoms with Crippen LogP contribution >= 0.6 is 0 Å². The highest BCUT2D eigenvalue weighted by molar-refractivity contribution is 6.86. The molecule has 0 saturated heterocycles. The monoisotopic (exact) mass is 504 g/mol. The first-order valence-electron chi connectivity index (χ1n) is 12.8. The fourth-order valence-electron chi connectivity index (χ4n) is 5.23. The molecule has 188 valence electrons. The van der Waals surface area contributed by atoms with E-state index in [1.165, 1.54) is 34.1 Å². The zero-order chi connectivity index (χ0) is 26.2. The van der Waals surface area contributed by atoms with Gasteiger partial charge < -0.3 is 18.9 Å². The third kappa shape index (κ3) is 4.51. The average molecular weight is 505 g/mol. The van der Waals surface area contributed by atoms with Crippen LogP contribution in [0.3, 0.4) is 0 Å². The van der Waals surface area contributed by atoms with Crippen molar-refractivity contribution in [2.45, 2.75) is 26.9 Å². The van der Waals surface area contributed by atoms with Crippen molar-refractivity contribution in [3.8, 4) is 0 Å². The quantitative estimate of drug-likeness (QED) is 0.249. The molecule has 1 heterocycles. The fourth-order valence-corrected chi connectivity index (χ4v) is 8.53. The summed E-state index contributed by atoms with van der Waals surface area (Å²) in [5, 5.41) is 0. The average Bonchev–Trinajstić information content (AvgIpc) is 3.17. The highest BCUT2D eigenvalue weighted by Crippen LogP contribution is 2.45. The lowest BCUT2D eigenvalue weighted by Gasteiger charge is -2.41. The van der Waals surface area contributed by atoms with E-state index in [-0.39, 0.29) is 0 Å². The zero-order valence-corrected chi connectivity index (χ0v) is 23.7. The molecule has 0 N–H and O–H groups in total. The summed E-state index contributed by atoms with van der Waals surface area (Å²) in [5.74, 6) is 2.36. The molecule has 5 rings (SSSR count). The van der Waals surface area contributed by atoms with Crippen LogP contribution in [0.2, 0.25) is 13.1 Å². The van der Waals surface area contributed by atoms with Crippen molar-refractivity contribution in [1.82, 2.24) is 0 Å². The normalized spacial score (nSPS) is 14.8. The van der Waals surface area contributed by atoms with Gasteiger partial charge in [-0.2, -0.15) is 0 Å².